The zero-order valence-electron chi connectivity index (χ0n) is 14.8. The molecule has 0 aliphatic heterocycles. The van der Waals surface area contributed by atoms with Crippen molar-refractivity contribution >= 4 is 12.0 Å². The van der Waals surface area contributed by atoms with Gasteiger partial charge in [-0.15, -0.1) is 0 Å². The molecule has 0 aliphatic carbocycles. The zero-order chi connectivity index (χ0) is 18.1. The van der Waals surface area contributed by atoms with Crippen LogP contribution in [0.1, 0.15) is 26.1 Å². The molecule has 1 aromatic heterocycles. The summed E-state index contributed by atoms with van der Waals surface area (Å²) in [6.07, 6.45) is 5.77. The van der Waals surface area contributed by atoms with Crippen LogP contribution < -0.4 is 0 Å². The average Bonchev–Trinajstić information content (AvgIpc) is 3.09. The van der Waals surface area contributed by atoms with Gasteiger partial charge in [0.2, 0.25) is 5.90 Å². The summed E-state index contributed by atoms with van der Waals surface area (Å²) < 4.78 is 18.6. The number of nitrogens with one attached hydrogen (secondary N) is 2. The van der Waals surface area contributed by atoms with Crippen LogP contribution in [0.3, 0.4) is 0 Å². The molecule has 2 aromatic rings. The molecule has 0 radical (unpaired) electrons. The molecule has 25 heavy (non-hydrogen) atoms. The van der Waals surface area contributed by atoms with E-state index in [4.69, 9.17) is 10.1 Å². The van der Waals surface area contributed by atoms with Crippen molar-refractivity contribution in [2.75, 3.05) is 26.2 Å². The molecular weight excluding hydrogens is 319 g/mol. The van der Waals surface area contributed by atoms with Crippen molar-refractivity contribution in [3.8, 4) is 11.3 Å². The lowest BCUT2D eigenvalue weighted by Crippen LogP contribution is -2.25. The third-order valence-electron chi connectivity index (χ3n) is 3.89. The van der Waals surface area contributed by atoms with Gasteiger partial charge in [0, 0.05) is 18.2 Å². The fourth-order valence-electron chi connectivity index (χ4n) is 2.44. The first kappa shape index (κ1) is 18.9. The summed E-state index contributed by atoms with van der Waals surface area (Å²) in [5, 5.41) is 7.80. The van der Waals surface area contributed by atoms with E-state index >= 15 is 0 Å². The number of H-pyrrole nitrogens is 1. The zero-order valence-corrected chi connectivity index (χ0v) is 14.8. The summed E-state index contributed by atoms with van der Waals surface area (Å²) in [4.78, 5) is 9.62. The van der Waals surface area contributed by atoms with E-state index < -0.39 is 0 Å². The van der Waals surface area contributed by atoms with Gasteiger partial charge in [0.25, 0.3) is 0 Å². The van der Waals surface area contributed by atoms with Crippen molar-refractivity contribution in [1.29, 1.82) is 5.41 Å². The predicted octanol–water partition coefficient (Wildman–Crippen LogP) is 3.95. The van der Waals surface area contributed by atoms with E-state index in [0.717, 1.165) is 37.3 Å². The highest BCUT2D eigenvalue weighted by atomic mass is 19.1. The molecule has 0 amide bonds. The fraction of sp³-hybridized carbons (Fsp3) is 0.368. The molecule has 134 valence electrons. The van der Waals surface area contributed by atoms with Gasteiger partial charge in [0.05, 0.1) is 18.5 Å². The maximum absolute atomic E-state index is 13.3. The van der Waals surface area contributed by atoms with Crippen LogP contribution in [0, 0.1) is 11.2 Å². The number of hydrogen-bond acceptors (Lipinski definition) is 4. The minimum atomic E-state index is -0.288. The number of aromatic nitrogens is 2. The summed E-state index contributed by atoms with van der Waals surface area (Å²) in [7, 11) is 0. The Morgan fingerprint density at radius 3 is 2.88 bits per heavy atom. The van der Waals surface area contributed by atoms with Crippen molar-refractivity contribution in [2.45, 2.75) is 20.3 Å². The molecule has 0 bridgehead atoms. The minimum absolute atomic E-state index is 0.100. The van der Waals surface area contributed by atoms with E-state index in [0.29, 0.717) is 12.4 Å². The number of imidazole rings is 1. The van der Waals surface area contributed by atoms with Gasteiger partial charge in [-0.05, 0) is 37.7 Å². The SMILES string of the molecule is CCN(CC)CCCOC(=N)/C=C\c1ncc(-c2cccc(F)c2)[nH]1. The summed E-state index contributed by atoms with van der Waals surface area (Å²) in [6.45, 7) is 7.82. The second-order valence-corrected chi connectivity index (χ2v) is 5.62. The highest BCUT2D eigenvalue weighted by Crippen LogP contribution is 2.18. The molecule has 0 saturated carbocycles. The van der Waals surface area contributed by atoms with Crippen LogP contribution in [0.25, 0.3) is 17.3 Å². The largest absolute Gasteiger partial charge is 0.478 e. The second kappa shape index (κ2) is 9.74. The van der Waals surface area contributed by atoms with E-state index in [2.05, 4.69) is 28.7 Å². The molecule has 0 fully saturated rings. The molecule has 0 unspecified atom stereocenters. The lowest BCUT2D eigenvalue weighted by molar-refractivity contribution is 0.243. The van der Waals surface area contributed by atoms with Crippen LogP contribution in [0.5, 0.6) is 0 Å². The Labute approximate surface area is 148 Å². The predicted molar refractivity (Wildman–Crippen MR) is 99.1 cm³/mol. The topological polar surface area (TPSA) is 65.0 Å². The molecule has 2 rings (SSSR count). The van der Waals surface area contributed by atoms with Gasteiger partial charge in [-0.3, -0.25) is 5.41 Å². The number of benzene rings is 1. The van der Waals surface area contributed by atoms with Gasteiger partial charge in [-0.2, -0.15) is 0 Å². The summed E-state index contributed by atoms with van der Waals surface area (Å²) >= 11 is 0. The van der Waals surface area contributed by atoms with Crippen molar-refractivity contribution < 1.29 is 9.13 Å². The average molecular weight is 344 g/mol. The van der Waals surface area contributed by atoms with Crippen molar-refractivity contribution in [3.05, 3.63) is 48.2 Å². The molecule has 0 atom stereocenters. The Hall–Kier alpha value is -2.47. The van der Waals surface area contributed by atoms with Crippen LogP contribution in [-0.4, -0.2) is 47.0 Å². The van der Waals surface area contributed by atoms with E-state index in [-0.39, 0.29) is 11.7 Å². The highest BCUT2D eigenvalue weighted by Gasteiger charge is 2.03. The monoisotopic (exact) mass is 344 g/mol. The number of ether oxygens (including phenoxy) is 1. The first-order chi connectivity index (χ1) is 12.1. The van der Waals surface area contributed by atoms with Gasteiger partial charge in [0.1, 0.15) is 11.6 Å². The number of rotatable bonds is 9. The lowest BCUT2D eigenvalue weighted by atomic mass is 10.2. The Kier molecular flexibility index (Phi) is 7.35. The number of halogens is 1. The molecule has 0 spiro atoms. The van der Waals surface area contributed by atoms with E-state index in [9.17, 15) is 4.39 Å². The van der Waals surface area contributed by atoms with Crippen LogP contribution >= 0.6 is 0 Å². The maximum Gasteiger partial charge on any atom is 0.205 e. The van der Waals surface area contributed by atoms with Crippen molar-refractivity contribution in [1.82, 2.24) is 14.9 Å². The van der Waals surface area contributed by atoms with Crippen LogP contribution in [-0.2, 0) is 4.74 Å². The molecule has 0 aliphatic rings. The standard InChI is InChI=1S/C19H25FN4O/c1-3-24(4-2)11-6-12-25-18(21)9-10-19-22-14-17(23-19)15-7-5-8-16(20)13-15/h5,7-10,13-14,21H,3-4,6,11-12H2,1-2H3,(H,22,23)/b10-9-,21-18?. The maximum atomic E-state index is 13.3. The molecule has 5 nitrogen and oxygen atoms in total. The molecule has 6 heteroatoms. The Morgan fingerprint density at radius 2 is 2.16 bits per heavy atom. The van der Waals surface area contributed by atoms with Gasteiger partial charge in [-0.25, -0.2) is 9.37 Å². The first-order valence-corrected chi connectivity index (χ1v) is 8.55. The second-order valence-electron chi connectivity index (χ2n) is 5.62. The smallest absolute Gasteiger partial charge is 0.205 e. The number of nitrogens with zero attached hydrogens (tertiary/aromatic N) is 2. The van der Waals surface area contributed by atoms with Gasteiger partial charge < -0.3 is 14.6 Å². The molecule has 1 aromatic carbocycles. The first-order valence-electron chi connectivity index (χ1n) is 8.55. The highest BCUT2D eigenvalue weighted by molar-refractivity contribution is 5.88. The van der Waals surface area contributed by atoms with E-state index in [1.54, 1.807) is 24.4 Å². The normalized spacial score (nSPS) is 11.4. The van der Waals surface area contributed by atoms with Crippen LogP contribution in [0.15, 0.2) is 36.5 Å². The quantitative estimate of drug-likeness (QED) is 0.411. The third kappa shape index (κ3) is 6.15. The van der Waals surface area contributed by atoms with Gasteiger partial charge in [0.15, 0.2) is 0 Å². The van der Waals surface area contributed by atoms with Crippen molar-refractivity contribution in [3.63, 3.8) is 0 Å². The Balaban J connectivity index is 1.80. The fourth-order valence-corrected chi connectivity index (χ4v) is 2.44. The van der Waals surface area contributed by atoms with Crippen LogP contribution in [0.2, 0.25) is 0 Å². The molecule has 2 N–H and O–H groups in total. The van der Waals surface area contributed by atoms with Crippen LogP contribution in [0.4, 0.5) is 4.39 Å². The van der Waals surface area contributed by atoms with Gasteiger partial charge >= 0.3 is 0 Å². The lowest BCUT2D eigenvalue weighted by Gasteiger charge is -2.17. The van der Waals surface area contributed by atoms with E-state index in [1.807, 2.05) is 6.07 Å². The molecule has 1 heterocycles. The summed E-state index contributed by atoms with van der Waals surface area (Å²) in [5.41, 5.74) is 1.46. The Bertz CT molecular complexity index is 707. The summed E-state index contributed by atoms with van der Waals surface area (Å²) in [5.74, 6) is 0.406. The Morgan fingerprint density at radius 1 is 1.36 bits per heavy atom. The molecule has 0 saturated heterocycles. The van der Waals surface area contributed by atoms with Crippen molar-refractivity contribution in [2.24, 2.45) is 0 Å². The molecular formula is C19H25FN4O. The summed E-state index contributed by atoms with van der Waals surface area (Å²) in [6, 6.07) is 6.32. The van der Waals surface area contributed by atoms with E-state index in [1.165, 1.54) is 12.1 Å². The third-order valence-corrected chi connectivity index (χ3v) is 3.89. The number of hydrogen-bond donors (Lipinski definition) is 2. The van der Waals surface area contributed by atoms with Gasteiger partial charge in [-0.1, -0.05) is 26.0 Å². The minimum Gasteiger partial charge on any atom is -0.478 e. The number of aromatic amines is 1.